The van der Waals surface area contributed by atoms with E-state index in [9.17, 15) is 14.4 Å². The predicted octanol–water partition coefficient (Wildman–Crippen LogP) is 1.01. The molecule has 0 bridgehead atoms. The Balaban J connectivity index is 4.64. The van der Waals surface area contributed by atoms with Crippen molar-refractivity contribution >= 4 is 17.9 Å². The highest BCUT2D eigenvalue weighted by molar-refractivity contribution is 5.81. The summed E-state index contributed by atoms with van der Waals surface area (Å²) in [5, 5.41) is 0. The van der Waals surface area contributed by atoms with Crippen LogP contribution in [-0.2, 0) is 28.6 Å². The summed E-state index contributed by atoms with van der Waals surface area (Å²) in [5.74, 6) is -1.73. The zero-order valence-electron chi connectivity index (χ0n) is 11.1. The fourth-order valence-corrected chi connectivity index (χ4v) is 1.17. The van der Waals surface area contributed by atoms with Gasteiger partial charge in [0.15, 0.2) is 0 Å². The van der Waals surface area contributed by atoms with E-state index in [-0.39, 0.29) is 19.6 Å². The van der Waals surface area contributed by atoms with Gasteiger partial charge < -0.3 is 14.2 Å². The lowest BCUT2D eigenvalue weighted by Crippen LogP contribution is -2.34. The maximum absolute atomic E-state index is 11.3. The molecule has 0 spiro atoms. The minimum absolute atomic E-state index is 0.0572. The fourth-order valence-electron chi connectivity index (χ4n) is 1.17. The van der Waals surface area contributed by atoms with Gasteiger partial charge in [0.05, 0.1) is 13.5 Å². The molecule has 19 heavy (non-hydrogen) atoms. The zero-order chi connectivity index (χ0) is 14.9. The second-order valence-electron chi connectivity index (χ2n) is 4.19. The lowest BCUT2D eigenvalue weighted by molar-refractivity contribution is -0.155. The summed E-state index contributed by atoms with van der Waals surface area (Å²) in [6, 6.07) is 0. The quantitative estimate of drug-likeness (QED) is 0.372. The van der Waals surface area contributed by atoms with Crippen LogP contribution in [0.15, 0.2) is 25.3 Å². The molecule has 0 aliphatic rings. The van der Waals surface area contributed by atoms with Gasteiger partial charge in [0.25, 0.3) is 0 Å². The third-order valence-corrected chi connectivity index (χ3v) is 2.26. The summed E-state index contributed by atoms with van der Waals surface area (Å²) in [6.45, 7) is 7.96. The number of hydrogen-bond acceptors (Lipinski definition) is 6. The van der Waals surface area contributed by atoms with E-state index >= 15 is 0 Å². The smallest absolute Gasteiger partial charge is 0.330 e. The Bertz CT molecular complexity index is 347. The van der Waals surface area contributed by atoms with Crippen LogP contribution in [0, 0.1) is 5.41 Å². The van der Waals surface area contributed by atoms with Crippen LogP contribution in [0.3, 0.4) is 0 Å². The average molecular weight is 270 g/mol. The minimum atomic E-state index is -0.871. The van der Waals surface area contributed by atoms with Crippen molar-refractivity contribution in [3.8, 4) is 0 Å². The molecule has 0 aromatic heterocycles. The van der Waals surface area contributed by atoms with Gasteiger partial charge in [-0.15, -0.1) is 0 Å². The molecule has 0 aliphatic heterocycles. The largest absolute Gasteiger partial charge is 0.469 e. The van der Waals surface area contributed by atoms with E-state index in [0.29, 0.717) is 0 Å². The summed E-state index contributed by atoms with van der Waals surface area (Å²) in [7, 11) is 1.24. The molecule has 0 amide bonds. The molecule has 0 fully saturated rings. The van der Waals surface area contributed by atoms with Crippen LogP contribution >= 0.6 is 0 Å². The number of rotatable bonds is 8. The van der Waals surface area contributed by atoms with Crippen molar-refractivity contribution in [1.82, 2.24) is 0 Å². The summed E-state index contributed by atoms with van der Waals surface area (Å²) >= 11 is 0. The minimum Gasteiger partial charge on any atom is -0.469 e. The first kappa shape index (κ1) is 16.9. The SMILES string of the molecule is C=CC(=O)OCC(C)(COC(=O)C=C)CC(=O)OC. The van der Waals surface area contributed by atoms with Gasteiger partial charge in [-0.2, -0.15) is 0 Å². The fraction of sp³-hybridized carbons (Fsp3) is 0.462. The van der Waals surface area contributed by atoms with Crippen molar-refractivity contribution in [1.29, 1.82) is 0 Å². The van der Waals surface area contributed by atoms with E-state index in [4.69, 9.17) is 9.47 Å². The summed E-state index contributed by atoms with van der Waals surface area (Å²) in [4.78, 5) is 33.4. The number of hydrogen-bond donors (Lipinski definition) is 0. The Kier molecular flexibility index (Phi) is 7.18. The van der Waals surface area contributed by atoms with Crippen LogP contribution in [0.25, 0.3) is 0 Å². The first-order valence-electron chi connectivity index (χ1n) is 5.52. The van der Waals surface area contributed by atoms with Crippen LogP contribution in [0.2, 0.25) is 0 Å². The van der Waals surface area contributed by atoms with E-state index in [1.807, 2.05) is 0 Å². The van der Waals surface area contributed by atoms with Gasteiger partial charge in [0.1, 0.15) is 13.2 Å². The number of methoxy groups -OCH3 is 1. The van der Waals surface area contributed by atoms with Gasteiger partial charge in [-0.1, -0.05) is 20.1 Å². The summed E-state index contributed by atoms with van der Waals surface area (Å²) in [5.41, 5.74) is -0.871. The van der Waals surface area contributed by atoms with Crippen LogP contribution in [0.1, 0.15) is 13.3 Å². The number of esters is 3. The van der Waals surface area contributed by atoms with Gasteiger partial charge in [0.2, 0.25) is 0 Å². The molecule has 0 rings (SSSR count). The monoisotopic (exact) mass is 270 g/mol. The molecule has 6 heteroatoms. The highest BCUT2D eigenvalue weighted by atomic mass is 16.5. The molecule has 0 unspecified atom stereocenters. The molecular formula is C13H18O6. The van der Waals surface area contributed by atoms with Gasteiger partial charge >= 0.3 is 17.9 Å². The molecule has 0 heterocycles. The first-order valence-corrected chi connectivity index (χ1v) is 5.52. The average Bonchev–Trinajstić information content (AvgIpc) is 2.42. The van der Waals surface area contributed by atoms with Crippen molar-refractivity contribution in [3.63, 3.8) is 0 Å². The second kappa shape index (κ2) is 8.07. The molecule has 0 aromatic carbocycles. The third-order valence-electron chi connectivity index (χ3n) is 2.26. The highest BCUT2D eigenvalue weighted by Crippen LogP contribution is 2.23. The van der Waals surface area contributed by atoms with E-state index < -0.39 is 23.3 Å². The Hall–Kier alpha value is -2.11. The summed E-state index contributed by atoms with van der Waals surface area (Å²) in [6.07, 6.45) is 1.96. The lowest BCUT2D eigenvalue weighted by Gasteiger charge is -2.26. The topological polar surface area (TPSA) is 78.9 Å². The number of carbonyl (C=O) groups excluding carboxylic acids is 3. The Labute approximate surface area is 112 Å². The second-order valence-corrected chi connectivity index (χ2v) is 4.19. The highest BCUT2D eigenvalue weighted by Gasteiger charge is 2.31. The van der Waals surface area contributed by atoms with Crippen LogP contribution in [0.5, 0.6) is 0 Å². The molecule has 0 saturated heterocycles. The number of carbonyl (C=O) groups is 3. The van der Waals surface area contributed by atoms with Crippen LogP contribution in [-0.4, -0.2) is 38.2 Å². The molecule has 106 valence electrons. The maximum atomic E-state index is 11.3. The standard InChI is InChI=1S/C13H18O6/c1-5-10(14)18-8-13(3,7-12(16)17-4)9-19-11(15)6-2/h5-6H,1-2,7-9H2,3-4H3. The van der Waals surface area contributed by atoms with Crippen LogP contribution < -0.4 is 0 Å². The Morgan fingerprint density at radius 1 is 1.05 bits per heavy atom. The molecule has 0 radical (unpaired) electrons. The molecular weight excluding hydrogens is 252 g/mol. The van der Waals surface area contributed by atoms with Gasteiger partial charge in [-0.3, -0.25) is 4.79 Å². The Morgan fingerprint density at radius 3 is 1.79 bits per heavy atom. The zero-order valence-corrected chi connectivity index (χ0v) is 11.1. The van der Waals surface area contributed by atoms with Crippen molar-refractivity contribution in [3.05, 3.63) is 25.3 Å². The van der Waals surface area contributed by atoms with E-state index in [1.165, 1.54) is 7.11 Å². The molecule has 0 saturated carbocycles. The van der Waals surface area contributed by atoms with Gasteiger partial charge in [-0.25, -0.2) is 9.59 Å². The number of ether oxygens (including phenoxy) is 3. The lowest BCUT2D eigenvalue weighted by atomic mass is 9.89. The molecule has 6 nitrogen and oxygen atoms in total. The van der Waals surface area contributed by atoms with Crippen molar-refractivity contribution in [2.24, 2.45) is 5.41 Å². The van der Waals surface area contributed by atoms with Crippen molar-refractivity contribution < 1.29 is 28.6 Å². The van der Waals surface area contributed by atoms with E-state index in [2.05, 4.69) is 17.9 Å². The summed E-state index contributed by atoms with van der Waals surface area (Å²) < 4.78 is 14.3. The van der Waals surface area contributed by atoms with E-state index in [0.717, 1.165) is 12.2 Å². The molecule has 0 aliphatic carbocycles. The van der Waals surface area contributed by atoms with Crippen LogP contribution in [0.4, 0.5) is 0 Å². The molecule has 0 N–H and O–H groups in total. The van der Waals surface area contributed by atoms with Gasteiger partial charge in [-0.05, 0) is 0 Å². The van der Waals surface area contributed by atoms with Crippen molar-refractivity contribution in [2.45, 2.75) is 13.3 Å². The Morgan fingerprint density at radius 2 is 1.47 bits per heavy atom. The van der Waals surface area contributed by atoms with Crippen molar-refractivity contribution in [2.75, 3.05) is 20.3 Å². The normalized spacial score (nSPS) is 10.2. The first-order chi connectivity index (χ1) is 8.86. The molecule has 0 aromatic rings. The predicted molar refractivity (Wildman–Crippen MR) is 67.1 cm³/mol. The molecule has 0 atom stereocenters. The van der Waals surface area contributed by atoms with Gasteiger partial charge in [0, 0.05) is 17.6 Å². The van der Waals surface area contributed by atoms with E-state index in [1.54, 1.807) is 6.92 Å². The third kappa shape index (κ3) is 7.03. The maximum Gasteiger partial charge on any atom is 0.330 e.